The van der Waals surface area contributed by atoms with Crippen LogP contribution in [0.4, 0.5) is 0 Å². The average Bonchev–Trinajstić information content (AvgIpc) is 2.08. The van der Waals surface area contributed by atoms with E-state index in [2.05, 4.69) is 15.9 Å². The zero-order valence-electron chi connectivity index (χ0n) is 6.50. The predicted octanol–water partition coefficient (Wildman–Crippen LogP) is 3.16. The molecule has 2 nitrogen and oxygen atoms in total. The first-order chi connectivity index (χ1) is 6.11. The normalized spacial score (nSPS) is 11.4. The molecule has 0 fully saturated rings. The first-order valence-corrected chi connectivity index (χ1v) is 4.63. The highest BCUT2D eigenvalue weighted by molar-refractivity contribution is 9.12. The number of carboxylic acids is 1. The summed E-state index contributed by atoms with van der Waals surface area (Å²) in [6.45, 7) is 0. The van der Waals surface area contributed by atoms with Crippen LogP contribution in [0.15, 0.2) is 28.7 Å². The van der Waals surface area contributed by atoms with Gasteiger partial charge in [-0.15, -0.1) is 0 Å². The Kier molecular flexibility index (Phi) is 3.51. The van der Waals surface area contributed by atoms with Crippen LogP contribution in [0.1, 0.15) is 5.56 Å². The number of aliphatic carboxylic acids is 1. The smallest absolute Gasteiger partial charge is 0.342 e. The van der Waals surface area contributed by atoms with Crippen LogP contribution >= 0.6 is 27.5 Å². The van der Waals surface area contributed by atoms with Crippen LogP contribution in [-0.4, -0.2) is 11.1 Å². The van der Waals surface area contributed by atoms with Gasteiger partial charge in [0.2, 0.25) is 0 Å². The molecule has 0 saturated carbocycles. The Morgan fingerprint density at radius 2 is 2.08 bits per heavy atom. The summed E-state index contributed by atoms with van der Waals surface area (Å²) in [7, 11) is 0. The van der Waals surface area contributed by atoms with Crippen molar-refractivity contribution in [2.45, 2.75) is 0 Å². The highest BCUT2D eigenvalue weighted by Crippen LogP contribution is 2.20. The molecule has 0 aromatic heterocycles. The van der Waals surface area contributed by atoms with Gasteiger partial charge >= 0.3 is 5.97 Å². The minimum atomic E-state index is -1.01. The number of hydrogen-bond acceptors (Lipinski definition) is 1. The van der Waals surface area contributed by atoms with Crippen molar-refractivity contribution in [3.05, 3.63) is 39.3 Å². The topological polar surface area (TPSA) is 37.3 Å². The molecule has 0 aliphatic carbocycles. The average molecular weight is 262 g/mol. The number of benzene rings is 1. The molecule has 1 aromatic carbocycles. The molecule has 13 heavy (non-hydrogen) atoms. The van der Waals surface area contributed by atoms with Crippen molar-refractivity contribution in [3.8, 4) is 0 Å². The molecule has 0 aliphatic heterocycles. The Bertz CT molecular complexity index is 360. The first-order valence-electron chi connectivity index (χ1n) is 3.46. The molecule has 68 valence electrons. The fraction of sp³-hybridized carbons (Fsp3) is 0. The fourth-order valence-electron chi connectivity index (χ4n) is 0.790. The van der Waals surface area contributed by atoms with Crippen molar-refractivity contribution in [2.24, 2.45) is 0 Å². The van der Waals surface area contributed by atoms with Crippen LogP contribution in [0.2, 0.25) is 5.02 Å². The lowest BCUT2D eigenvalue weighted by Crippen LogP contribution is -1.92. The zero-order valence-corrected chi connectivity index (χ0v) is 8.84. The Morgan fingerprint density at radius 3 is 2.62 bits per heavy atom. The third-order valence-corrected chi connectivity index (χ3v) is 2.30. The van der Waals surface area contributed by atoms with E-state index < -0.39 is 5.97 Å². The van der Waals surface area contributed by atoms with Crippen molar-refractivity contribution in [1.29, 1.82) is 0 Å². The second kappa shape index (κ2) is 4.44. The van der Waals surface area contributed by atoms with Crippen molar-refractivity contribution in [2.75, 3.05) is 0 Å². The molecular formula is C9H6BrClO2. The minimum absolute atomic E-state index is 0.0839. The summed E-state index contributed by atoms with van der Waals surface area (Å²) in [4.78, 5) is 10.5. The lowest BCUT2D eigenvalue weighted by atomic mass is 10.2. The van der Waals surface area contributed by atoms with E-state index in [1.54, 1.807) is 24.3 Å². The Hall–Kier alpha value is -0.800. The lowest BCUT2D eigenvalue weighted by Gasteiger charge is -1.96. The van der Waals surface area contributed by atoms with Gasteiger partial charge in [0.1, 0.15) is 4.48 Å². The third-order valence-electron chi connectivity index (χ3n) is 1.39. The quantitative estimate of drug-likeness (QED) is 0.830. The summed E-state index contributed by atoms with van der Waals surface area (Å²) in [6.07, 6.45) is 1.46. The Morgan fingerprint density at radius 1 is 1.46 bits per heavy atom. The number of halogens is 2. The summed E-state index contributed by atoms with van der Waals surface area (Å²) < 4.78 is 0.0839. The molecule has 0 bridgehead atoms. The van der Waals surface area contributed by atoms with E-state index in [1.165, 1.54) is 6.08 Å². The summed E-state index contributed by atoms with van der Waals surface area (Å²) in [5.41, 5.74) is 0.679. The molecule has 0 amide bonds. The Balaban J connectivity index is 3.04. The number of carbonyl (C=O) groups is 1. The number of rotatable bonds is 2. The maximum absolute atomic E-state index is 10.5. The van der Waals surface area contributed by atoms with E-state index in [1.807, 2.05) is 0 Å². The van der Waals surface area contributed by atoms with Gasteiger partial charge in [-0.1, -0.05) is 29.8 Å². The summed E-state index contributed by atoms with van der Waals surface area (Å²) in [5, 5.41) is 9.10. The summed E-state index contributed by atoms with van der Waals surface area (Å²) in [6, 6.07) is 7.02. The molecule has 0 radical (unpaired) electrons. The molecule has 4 heteroatoms. The van der Waals surface area contributed by atoms with Gasteiger partial charge in [0.25, 0.3) is 0 Å². The number of carboxylic acid groups (broad SMARTS) is 1. The molecule has 0 heterocycles. The van der Waals surface area contributed by atoms with E-state index >= 15 is 0 Å². The van der Waals surface area contributed by atoms with E-state index in [0.29, 0.717) is 10.6 Å². The van der Waals surface area contributed by atoms with Crippen LogP contribution in [0.25, 0.3) is 6.08 Å². The maximum atomic E-state index is 10.5. The largest absolute Gasteiger partial charge is 0.477 e. The molecule has 1 aromatic rings. The number of hydrogen-bond donors (Lipinski definition) is 1. The zero-order chi connectivity index (χ0) is 9.84. The first kappa shape index (κ1) is 10.3. The highest BCUT2D eigenvalue weighted by atomic mass is 79.9. The SMILES string of the molecule is O=C(O)C(Br)=Cc1ccccc1Cl. The van der Waals surface area contributed by atoms with Crippen LogP contribution in [0.5, 0.6) is 0 Å². The van der Waals surface area contributed by atoms with Crippen LogP contribution in [-0.2, 0) is 4.79 Å². The van der Waals surface area contributed by atoms with Crippen molar-refractivity contribution >= 4 is 39.6 Å². The highest BCUT2D eigenvalue weighted by Gasteiger charge is 2.03. The van der Waals surface area contributed by atoms with Crippen molar-refractivity contribution < 1.29 is 9.90 Å². The summed E-state index contributed by atoms with van der Waals surface area (Å²) in [5.74, 6) is -1.01. The monoisotopic (exact) mass is 260 g/mol. The second-order valence-corrected chi connectivity index (χ2v) is 3.58. The maximum Gasteiger partial charge on any atom is 0.342 e. The van der Waals surface area contributed by atoms with E-state index in [-0.39, 0.29) is 4.48 Å². The fourth-order valence-corrected chi connectivity index (χ4v) is 1.23. The molecule has 1 rings (SSSR count). The van der Waals surface area contributed by atoms with Gasteiger partial charge in [-0.25, -0.2) is 4.79 Å². The standard InChI is InChI=1S/C9H6BrClO2/c10-7(9(12)13)5-6-3-1-2-4-8(6)11/h1-5H,(H,12,13). The third kappa shape index (κ3) is 2.86. The van der Waals surface area contributed by atoms with E-state index in [0.717, 1.165) is 0 Å². The molecule has 0 atom stereocenters. The molecular weight excluding hydrogens is 255 g/mol. The van der Waals surface area contributed by atoms with Gasteiger partial charge in [0.05, 0.1) is 0 Å². The van der Waals surface area contributed by atoms with Crippen LogP contribution in [0.3, 0.4) is 0 Å². The van der Waals surface area contributed by atoms with Gasteiger partial charge in [0.15, 0.2) is 0 Å². The van der Waals surface area contributed by atoms with Gasteiger partial charge in [-0.2, -0.15) is 0 Å². The molecule has 0 unspecified atom stereocenters. The minimum Gasteiger partial charge on any atom is -0.477 e. The van der Waals surface area contributed by atoms with Crippen molar-refractivity contribution in [3.63, 3.8) is 0 Å². The lowest BCUT2D eigenvalue weighted by molar-refractivity contribution is -0.131. The van der Waals surface area contributed by atoms with Crippen LogP contribution < -0.4 is 0 Å². The van der Waals surface area contributed by atoms with E-state index in [4.69, 9.17) is 16.7 Å². The molecule has 0 aliphatic rings. The van der Waals surface area contributed by atoms with Gasteiger partial charge < -0.3 is 5.11 Å². The van der Waals surface area contributed by atoms with Gasteiger partial charge in [0, 0.05) is 5.02 Å². The Labute approximate surface area is 89.0 Å². The molecule has 0 spiro atoms. The van der Waals surface area contributed by atoms with Gasteiger partial charge in [-0.3, -0.25) is 0 Å². The van der Waals surface area contributed by atoms with Crippen molar-refractivity contribution in [1.82, 2.24) is 0 Å². The molecule has 1 N–H and O–H groups in total. The molecule has 0 saturated heterocycles. The van der Waals surface area contributed by atoms with E-state index in [9.17, 15) is 4.79 Å². The van der Waals surface area contributed by atoms with Gasteiger partial charge in [-0.05, 0) is 33.6 Å². The predicted molar refractivity (Wildman–Crippen MR) is 56.0 cm³/mol. The second-order valence-electron chi connectivity index (χ2n) is 2.32. The summed E-state index contributed by atoms with van der Waals surface area (Å²) >= 11 is 8.73. The van der Waals surface area contributed by atoms with Crippen LogP contribution in [0, 0.1) is 0 Å².